The highest BCUT2D eigenvalue weighted by molar-refractivity contribution is 5.79. The van der Waals surface area contributed by atoms with E-state index in [1.165, 1.54) is 0 Å². The Labute approximate surface area is 103 Å². The van der Waals surface area contributed by atoms with Crippen LogP contribution in [-0.2, 0) is 9.53 Å². The topological polar surface area (TPSA) is 49.8 Å². The first kappa shape index (κ1) is 12.8. The molecule has 0 aliphatic carbocycles. The van der Waals surface area contributed by atoms with Crippen LogP contribution in [0.25, 0.3) is 0 Å². The monoisotopic (exact) mass is 241 g/mol. The van der Waals surface area contributed by atoms with Crippen molar-refractivity contribution in [2.75, 3.05) is 26.3 Å². The molecule has 2 fully saturated rings. The van der Waals surface area contributed by atoms with Crippen LogP contribution >= 0.6 is 0 Å². The summed E-state index contributed by atoms with van der Waals surface area (Å²) in [6.07, 6.45) is 3.93. The zero-order valence-electron chi connectivity index (χ0n) is 10.6. The second kappa shape index (κ2) is 5.83. The molecule has 3 atom stereocenters. The molecular formula is C13H23NO3. The molecule has 0 radical (unpaired) electrons. The van der Waals surface area contributed by atoms with Crippen LogP contribution in [0.15, 0.2) is 0 Å². The van der Waals surface area contributed by atoms with Gasteiger partial charge in [0.15, 0.2) is 0 Å². The molecule has 0 aromatic heterocycles. The standard InChI is InChI=1S/C13H23NO3/c1-2-12-11(5-7-17-12)13(16)14-6-3-4-10(8-14)9-15/h10-12,15H,2-9H2,1H3. The first-order valence-corrected chi connectivity index (χ1v) is 6.77. The van der Waals surface area contributed by atoms with Crippen molar-refractivity contribution in [2.24, 2.45) is 11.8 Å². The Morgan fingerprint density at radius 3 is 3.00 bits per heavy atom. The lowest BCUT2D eigenvalue weighted by atomic mass is 9.94. The van der Waals surface area contributed by atoms with Gasteiger partial charge in [-0.1, -0.05) is 6.92 Å². The third-order valence-corrected chi connectivity index (χ3v) is 4.02. The van der Waals surface area contributed by atoms with Gasteiger partial charge in [0.05, 0.1) is 12.0 Å². The molecule has 0 saturated carbocycles. The van der Waals surface area contributed by atoms with Crippen LogP contribution in [0.2, 0.25) is 0 Å². The molecule has 3 unspecified atom stereocenters. The van der Waals surface area contributed by atoms with Crippen molar-refractivity contribution in [1.29, 1.82) is 0 Å². The molecule has 4 heteroatoms. The van der Waals surface area contributed by atoms with Crippen LogP contribution in [0.5, 0.6) is 0 Å². The molecule has 4 nitrogen and oxygen atoms in total. The molecule has 1 amide bonds. The first-order chi connectivity index (χ1) is 8.26. The van der Waals surface area contributed by atoms with Crippen LogP contribution in [0.4, 0.5) is 0 Å². The van der Waals surface area contributed by atoms with Crippen molar-refractivity contribution in [3.05, 3.63) is 0 Å². The van der Waals surface area contributed by atoms with Crippen LogP contribution in [0.3, 0.4) is 0 Å². The normalized spacial score (nSPS) is 34.0. The molecule has 0 bridgehead atoms. The van der Waals surface area contributed by atoms with Gasteiger partial charge in [0.2, 0.25) is 5.91 Å². The summed E-state index contributed by atoms with van der Waals surface area (Å²) in [7, 11) is 0. The van der Waals surface area contributed by atoms with Gasteiger partial charge in [-0.3, -0.25) is 4.79 Å². The predicted molar refractivity (Wildman–Crippen MR) is 64.5 cm³/mol. The van der Waals surface area contributed by atoms with E-state index in [0.29, 0.717) is 6.61 Å². The fourth-order valence-corrected chi connectivity index (χ4v) is 2.98. The zero-order chi connectivity index (χ0) is 12.3. The highest BCUT2D eigenvalue weighted by Crippen LogP contribution is 2.27. The van der Waals surface area contributed by atoms with Crippen molar-refractivity contribution in [3.63, 3.8) is 0 Å². The van der Waals surface area contributed by atoms with Gasteiger partial charge in [-0.05, 0) is 31.6 Å². The summed E-state index contributed by atoms with van der Waals surface area (Å²) >= 11 is 0. The van der Waals surface area contributed by atoms with E-state index in [1.807, 2.05) is 4.90 Å². The number of rotatable bonds is 3. The number of hydrogen-bond donors (Lipinski definition) is 1. The van der Waals surface area contributed by atoms with Crippen molar-refractivity contribution in [1.82, 2.24) is 4.90 Å². The smallest absolute Gasteiger partial charge is 0.228 e. The van der Waals surface area contributed by atoms with E-state index in [1.54, 1.807) is 0 Å². The number of likely N-dealkylation sites (tertiary alicyclic amines) is 1. The second-order valence-electron chi connectivity index (χ2n) is 5.19. The number of carbonyl (C=O) groups is 1. The molecule has 2 aliphatic rings. The number of nitrogens with zero attached hydrogens (tertiary/aromatic N) is 1. The molecule has 1 N–H and O–H groups in total. The number of ether oxygens (including phenoxy) is 1. The summed E-state index contributed by atoms with van der Waals surface area (Å²) in [5.41, 5.74) is 0. The van der Waals surface area contributed by atoms with Gasteiger partial charge in [0.25, 0.3) is 0 Å². The van der Waals surface area contributed by atoms with Gasteiger partial charge in [0.1, 0.15) is 0 Å². The summed E-state index contributed by atoms with van der Waals surface area (Å²) in [6.45, 7) is 4.56. The Hall–Kier alpha value is -0.610. The van der Waals surface area contributed by atoms with E-state index in [0.717, 1.165) is 38.8 Å². The third-order valence-electron chi connectivity index (χ3n) is 4.02. The fraction of sp³-hybridized carbons (Fsp3) is 0.923. The van der Waals surface area contributed by atoms with E-state index in [9.17, 15) is 9.90 Å². The van der Waals surface area contributed by atoms with Crippen molar-refractivity contribution in [2.45, 2.75) is 38.7 Å². The number of hydrogen-bond acceptors (Lipinski definition) is 3. The minimum Gasteiger partial charge on any atom is -0.396 e. The summed E-state index contributed by atoms with van der Waals surface area (Å²) in [6, 6.07) is 0. The van der Waals surface area contributed by atoms with Gasteiger partial charge in [-0.25, -0.2) is 0 Å². The number of aliphatic hydroxyl groups is 1. The van der Waals surface area contributed by atoms with Crippen LogP contribution in [0.1, 0.15) is 32.6 Å². The largest absolute Gasteiger partial charge is 0.396 e. The molecule has 2 heterocycles. The van der Waals surface area contributed by atoms with Crippen LogP contribution < -0.4 is 0 Å². The average Bonchev–Trinajstić information content (AvgIpc) is 2.86. The first-order valence-electron chi connectivity index (χ1n) is 6.77. The Morgan fingerprint density at radius 2 is 2.29 bits per heavy atom. The summed E-state index contributed by atoms with van der Waals surface area (Å²) in [5, 5.41) is 9.19. The molecule has 2 saturated heterocycles. The quantitative estimate of drug-likeness (QED) is 0.803. The van der Waals surface area contributed by atoms with E-state index in [-0.39, 0.29) is 30.5 Å². The molecule has 17 heavy (non-hydrogen) atoms. The van der Waals surface area contributed by atoms with E-state index in [2.05, 4.69) is 6.92 Å². The molecule has 0 aromatic rings. The zero-order valence-corrected chi connectivity index (χ0v) is 10.6. The van der Waals surface area contributed by atoms with Crippen LogP contribution in [-0.4, -0.2) is 48.3 Å². The number of aliphatic hydroxyl groups excluding tert-OH is 1. The SMILES string of the molecule is CCC1OCCC1C(=O)N1CCCC(CO)C1. The maximum absolute atomic E-state index is 12.4. The Bertz CT molecular complexity index is 269. The highest BCUT2D eigenvalue weighted by atomic mass is 16.5. The van der Waals surface area contributed by atoms with Gasteiger partial charge in [-0.2, -0.15) is 0 Å². The molecule has 2 rings (SSSR count). The number of piperidine rings is 1. The summed E-state index contributed by atoms with van der Waals surface area (Å²) in [5.74, 6) is 0.569. The Kier molecular flexibility index (Phi) is 4.40. The van der Waals surface area contributed by atoms with Crippen molar-refractivity contribution < 1.29 is 14.6 Å². The lowest BCUT2D eigenvalue weighted by Gasteiger charge is -2.34. The average molecular weight is 241 g/mol. The number of carbonyl (C=O) groups excluding carboxylic acids is 1. The van der Waals surface area contributed by atoms with Crippen LogP contribution in [0, 0.1) is 11.8 Å². The lowest BCUT2D eigenvalue weighted by molar-refractivity contribution is -0.139. The van der Waals surface area contributed by atoms with Gasteiger partial charge in [-0.15, -0.1) is 0 Å². The van der Waals surface area contributed by atoms with Gasteiger partial charge in [0, 0.05) is 26.3 Å². The van der Waals surface area contributed by atoms with Gasteiger partial charge < -0.3 is 14.7 Å². The predicted octanol–water partition coefficient (Wildman–Crippen LogP) is 1.03. The third kappa shape index (κ3) is 2.80. The van der Waals surface area contributed by atoms with Crippen molar-refractivity contribution in [3.8, 4) is 0 Å². The van der Waals surface area contributed by atoms with E-state index >= 15 is 0 Å². The fourth-order valence-electron chi connectivity index (χ4n) is 2.98. The Morgan fingerprint density at radius 1 is 1.47 bits per heavy atom. The van der Waals surface area contributed by atoms with Gasteiger partial charge >= 0.3 is 0 Å². The minimum atomic E-state index is 0.0532. The highest BCUT2D eigenvalue weighted by Gasteiger charge is 2.36. The lowest BCUT2D eigenvalue weighted by Crippen LogP contribution is -2.45. The maximum atomic E-state index is 12.4. The number of amides is 1. The molecule has 0 aromatic carbocycles. The maximum Gasteiger partial charge on any atom is 0.228 e. The van der Waals surface area contributed by atoms with E-state index in [4.69, 9.17) is 4.74 Å². The molecule has 98 valence electrons. The second-order valence-corrected chi connectivity index (χ2v) is 5.19. The van der Waals surface area contributed by atoms with E-state index < -0.39 is 0 Å². The Balaban J connectivity index is 1.94. The van der Waals surface area contributed by atoms with Crippen molar-refractivity contribution >= 4 is 5.91 Å². The summed E-state index contributed by atoms with van der Waals surface area (Å²) < 4.78 is 5.58. The molecule has 2 aliphatic heterocycles. The molecular weight excluding hydrogens is 218 g/mol. The molecule has 0 spiro atoms. The summed E-state index contributed by atoms with van der Waals surface area (Å²) in [4.78, 5) is 14.3. The minimum absolute atomic E-state index is 0.0532.